The fourth-order valence-corrected chi connectivity index (χ4v) is 1.55. The second-order valence-corrected chi connectivity index (χ2v) is 3.69. The molecule has 0 aromatic carbocycles. The number of ether oxygens (including phenoxy) is 1. The van der Waals surface area contributed by atoms with Crippen LogP contribution in [0.1, 0.15) is 12.1 Å². The van der Waals surface area contributed by atoms with Crippen molar-refractivity contribution >= 4 is 0 Å². The SMILES string of the molecule is COCC(CCO)NCCc1ccccn1. The van der Waals surface area contributed by atoms with Crippen molar-refractivity contribution < 1.29 is 9.84 Å². The van der Waals surface area contributed by atoms with Crippen molar-refractivity contribution in [3.8, 4) is 0 Å². The minimum absolute atomic E-state index is 0.185. The van der Waals surface area contributed by atoms with Gasteiger partial charge in [-0.25, -0.2) is 0 Å². The molecule has 1 unspecified atom stereocenters. The summed E-state index contributed by atoms with van der Waals surface area (Å²) in [7, 11) is 1.67. The second-order valence-electron chi connectivity index (χ2n) is 3.69. The van der Waals surface area contributed by atoms with Gasteiger partial charge in [-0.05, 0) is 18.6 Å². The molecule has 0 aliphatic carbocycles. The van der Waals surface area contributed by atoms with E-state index in [0.717, 1.165) is 25.1 Å². The van der Waals surface area contributed by atoms with Crippen LogP contribution in [0.4, 0.5) is 0 Å². The molecule has 1 atom stereocenters. The van der Waals surface area contributed by atoms with Gasteiger partial charge in [0, 0.05) is 44.6 Å². The highest BCUT2D eigenvalue weighted by Gasteiger charge is 2.06. The van der Waals surface area contributed by atoms with Crippen LogP contribution in [0.3, 0.4) is 0 Å². The van der Waals surface area contributed by atoms with Crippen molar-refractivity contribution in [2.75, 3.05) is 26.9 Å². The van der Waals surface area contributed by atoms with Crippen molar-refractivity contribution in [3.05, 3.63) is 30.1 Å². The number of aliphatic hydroxyl groups excluding tert-OH is 1. The van der Waals surface area contributed by atoms with Crippen LogP contribution in [0, 0.1) is 0 Å². The monoisotopic (exact) mass is 224 g/mol. The van der Waals surface area contributed by atoms with Gasteiger partial charge < -0.3 is 15.2 Å². The third-order valence-electron chi connectivity index (χ3n) is 2.39. The molecule has 0 bridgehead atoms. The van der Waals surface area contributed by atoms with Gasteiger partial charge in [0.25, 0.3) is 0 Å². The first kappa shape index (κ1) is 13.1. The highest BCUT2D eigenvalue weighted by molar-refractivity contribution is 5.03. The lowest BCUT2D eigenvalue weighted by atomic mass is 10.2. The minimum Gasteiger partial charge on any atom is -0.396 e. The molecule has 1 rings (SSSR count). The summed E-state index contributed by atoms with van der Waals surface area (Å²) in [5.41, 5.74) is 1.08. The van der Waals surface area contributed by atoms with Gasteiger partial charge in [-0.2, -0.15) is 0 Å². The highest BCUT2D eigenvalue weighted by atomic mass is 16.5. The first-order valence-electron chi connectivity index (χ1n) is 5.60. The number of pyridine rings is 1. The van der Waals surface area contributed by atoms with Crippen LogP contribution in [0.5, 0.6) is 0 Å². The third kappa shape index (κ3) is 5.21. The number of rotatable bonds is 8. The summed E-state index contributed by atoms with van der Waals surface area (Å²) >= 11 is 0. The molecule has 1 aromatic heterocycles. The summed E-state index contributed by atoms with van der Waals surface area (Å²) in [4.78, 5) is 4.25. The molecule has 0 amide bonds. The topological polar surface area (TPSA) is 54.4 Å². The van der Waals surface area contributed by atoms with Gasteiger partial charge in [0.2, 0.25) is 0 Å². The van der Waals surface area contributed by atoms with Gasteiger partial charge >= 0.3 is 0 Å². The van der Waals surface area contributed by atoms with Crippen LogP contribution in [0.15, 0.2) is 24.4 Å². The molecule has 0 saturated carbocycles. The van der Waals surface area contributed by atoms with E-state index in [0.29, 0.717) is 6.61 Å². The molecule has 4 heteroatoms. The second kappa shape index (κ2) is 8.21. The molecule has 0 radical (unpaired) electrons. The van der Waals surface area contributed by atoms with E-state index in [9.17, 15) is 0 Å². The van der Waals surface area contributed by atoms with E-state index in [1.807, 2.05) is 18.2 Å². The minimum atomic E-state index is 0.185. The van der Waals surface area contributed by atoms with Crippen molar-refractivity contribution in [2.24, 2.45) is 0 Å². The summed E-state index contributed by atoms with van der Waals surface area (Å²) in [6, 6.07) is 6.14. The highest BCUT2D eigenvalue weighted by Crippen LogP contribution is 1.96. The zero-order valence-electron chi connectivity index (χ0n) is 9.72. The van der Waals surface area contributed by atoms with Crippen molar-refractivity contribution in [1.82, 2.24) is 10.3 Å². The van der Waals surface area contributed by atoms with Gasteiger partial charge in [0.15, 0.2) is 0 Å². The van der Waals surface area contributed by atoms with Gasteiger partial charge in [0.05, 0.1) is 6.61 Å². The molecule has 2 N–H and O–H groups in total. The van der Waals surface area contributed by atoms with E-state index in [2.05, 4.69) is 10.3 Å². The number of aromatic nitrogens is 1. The molecule has 0 spiro atoms. The summed E-state index contributed by atoms with van der Waals surface area (Å²) in [6.45, 7) is 1.67. The summed E-state index contributed by atoms with van der Waals surface area (Å²) in [5, 5.41) is 12.2. The van der Waals surface area contributed by atoms with E-state index < -0.39 is 0 Å². The molecule has 1 heterocycles. The van der Waals surface area contributed by atoms with E-state index in [1.54, 1.807) is 13.3 Å². The smallest absolute Gasteiger partial charge is 0.0616 e. The largest absolute Gasteiger partial charge is 0.396 e. The molecule has 0 fully saturated rings. The number of nitrogens with one attached hydrogen (secondary N) is 1. The van der Waals surface area contributed by atoms with Gasteiger partial charge in [-0.15, -0.1) is 0 Å². The zero-order valence-corrected chi connectivity index (χ0v) is 9.72. The van der Waals surface area contributed by atoms with Gasteiger partial charge in [-0.1, -0.05) is 6.07 Å². The quantitative estimate of drug-likeness (QED) is 0.679. The average molecular weight is 224 g/mol. The first-order valence-corrected chi connectivity index (χ1v) is 5.60. The molecule has 0 aliphatic heterocycles. The predicted molar refractivity (Wildman–Crippen MR) is 63.3 cm³/mol. The maximum absolute atomic E-state index is 8.87. The van der Waals surface area contributed by atoms with Crippen LogP contribution < -0.4 is 5.32 Å². The summed E-state index contributed by atoms with van der Waals surface area (Å²) in [6.07, 6.45) is 3.41. The Labute approximate surface area is 96.7 Å². The number of hydrogen-bond donors (Lipinski definition) is 2. The number of aliphatic hydroxyl groups is 1. The Balaban J connectivity index is 2.22. The van der Waals surface area contributed by atoms with E-state index in [1.165, 1.54) is 0 Å². The van der Waals surface area contributed by atoms with Crippen LogP contribution in [-0.4, -0.2) is 43.0 Å². The lowest BCUT2D eigenvalue weighted by Gasteiger charge is -2.16. The van der Waals surface area contributed by atoms with Crippen LogP contribution in [-0.2, 0) is 11.2 Å². The third-order valence-corrected chi connectivity index (χ3v) is 2.39. The fourth-order valence-electron chi connectivity index (χ4n) is 1.55. The Morgan fingerprint density at radius 3 is 3.00 bits per heavy atom. The Kier molecular flexibility index (Phi) is 6.72. The van der Waals surface area contributed by atoms with E-state index in [-0.39, 0.29) is 12.6 Å². The Morgan fingerprint density at radius 1 is 1.50 bits per heavy atom. The van der Waals surface area contributed by atoms with Crippen molar-refractivity contribution in [1.29, 1.82) is 0 Å². The van der Waals surface area contributed by atoms with Crippen molar-refractivity contribution in [3.63, 3.8) is 0 Å². The molecule has 0 aliphatic rings. The summed E-state index contributed by atoms with van der Waals surface area (Å²) in [5.74, 6) is 0. The average Bonchev–Trinajstić information content (AvgIpc) is 2.31. The first-order chi connectivity index (χ1) is 7.86. The molecule has 0 saturated heterocycles. The normalized spacial score (nSPS) is 12.6. The molecular weight excluding hydrogens is 204 g/mol. The fraction of sp³-hybridized carbons (Fsp3) is 0.583. The Hall–Kier alpha value is -0.970. The summed E-state index contributed by atoms with van der Waals surface area (Å²) < 4.78 is 5.07. The molecule has 90 valence electrons. The zero-order chi connectivity index (χ0) is 11.6. The standard InChI is InChI=1S/C12H20N2O2/c1-16-10-12(6-9-15)14-8-5-11-4-2-3-7-13-11/h2-4,7,12,14-15H,5-6,8-10H2,1H3. The van der Waals surface area contributed by atoms with Gasteiger partial charge in [0.1, 0.15) is 0 Å². The molecule has 1 aromatic rings. The van der Waals surface area contributed by atoms with E-state index in [4.69, 9.17) is 9.84 Å². The molecular formula is C12H20N2O2. The lowest BCUT2D eigenvalue weighted by molar-refractivity contribution is 0.149. The predicted octanol–water partition coefficient (Wildman–Crippen LogP) is 0.611. The number of hydrogen-bond acceptors (Lipinski definition) is 4. The number of nitrogens with zero attached hydrogens (tertiary/aromatic N) is 1. The Morgan fingerprint density at radius 2 is 2.38 bits per heavy atom. The maximum atomic E-state index is 8.87. The lowest BCUT2D eigenvalue weighted by Crippen LogP contribution is -2.35. The Bertz CT molecular complexity index is 261. The maximum Gasteiger partial charge on any atom is 0.0616 e. The van der Waals surface area contributed by atoms with Crippen LogP contribution >= 0.6 is 0 Å². The van der Waals surface area contributed by atoms with Crippen LogP contribution in [0.25, 0.3) is 0 Å². The van der Waals surface area contributed by atoms with Crippen molar-refractivity contribution in [2.45, 2.75) is 18.9 Å². The molecule has 4 nitrogen and oxygen atoms in total. The van der Waals surface area contributed by atoms with Crippen LogP contribution in [0.2, 0.25) is 0 Å². The van der Waals surface area contributed by atoms with Gasteiger partial charge in [-0.3, -0.25) is 4.98 Å². The van der Waals surface area contributed by atoms with E-state index >= 15 is 0 Å². The molecule has 16 heavy (non-hydrogen) atoms. The number of methoxy groups -OCH3 is 1.